The Morgan fingerprint density at radius 3 is 1.30 bits per heavy atom. The molecule has 0 fully saturated rings. The molecule has 0 spiro atoms. The van der Waals surface area contributed by atoms with Gasteiger partial charge in [-0.15, -0.1) is 0 Å². The molecule has 20 heavy (non-hydrogen) atoms. The Kier molecular flexibility index (Phi) is 6.28. The molecule has 2 aromatic carbocycles. The van der Waals surface area contributed by atoms with Crippen LogP contribution in [0.1, 0.15) is 12.8 Å². The Morgan fingerprint density at radius 1 is 0.600 bits per heavy atom. The van der Waals surface area contributed by atoms with Crippen LogP contribution < -0.4 is 10.4 Å². The van der Waals surface area contributed by atoms with Crippen LogP contribution in [0.5, 0.6) is 0 Å². The first kappa shape index (κ1) is 15.3. The van der Waals surface area contributed by atoms with Crippen molar-refractivity contribution in [1.29, 1.82) is 0 Å². The summed E-state index contributed by atoms with van der Waals surface area (Å²) in [5.41, 5.74) is 0. The van der Waals surface area contributed by atoms with Crippen molar-refractivity contribution >= 4 is 28.0 Å². The highest BCUT2D eigenvalue weighted by atomic mass is 28.3. The van der Waals surface area contributed by atoms with Gasteiger partial charge < -0.3 is 0 Å². The van der Waals surface area contributed by atoms with Crippen LogP contribution in [-0.2, 0) is 0 Å². The van der Waals surface area contributed by atoms with Gasteiger partial charge in [-0.1, -0.05) is 109 Å². The van der Waals surface area contributed by atoms with Gasteiger partial charge >= 0.3 is 0 Å². The molecule has 0 nitrogen and oxygen atoms in total. The predicted octanol–water partition coefficient (Wildman–Crippen LogP) is 3.29. The van der Waals surface area contributed by atoms with Crippen LogP contribution in [0.2, 0.25) is 25.2 Å². The highest BCUT2D eigenvalue weighted by Gasteiger charge is 2.09. The molecule has 0 aromatic heterocycles. The first-order valence-electron chi connectivity index (χ1n) is 7.87. The average molecular weight is 299 g/mol. The van der Waals surface area contributed by atoms with E-state index in [1.807, 2.05) is 0 Å². The maximum Gasteiger partial charge on any atom is 0.0677 e. The predicted molar refractivity (Wildman–Crippen MR) is 97.0 cm³/mol. The Hall–Kier alpha value is -1.13. The summed E-state index contributed by atoms with van der Waals surface area (Å²) in [5.74, 6) is 0. The Balaban J connectivity index is 1.69. The third-order valence-electron chi connectivity index (χ3n) is 4.26. The summed E-state index contributed by atoms with van der Waals surface area (Å²) in [7, 11) is -1.36. The van der Waals surface area contributed by atoms with Gasteiger partial charge in [0.2, 0.25) is 0 Å². The van der Waals surface area contributed by atoms with Gasteiger partial charge in [0.05, 0.1) is 17.6 Å². The lowest BCUT2D eigenvalue weighted by atomic mass is 10.4. The molecule has 2 rings (SSSR count). The van der Waals surface area contributed by atoms with Gasteiger partial charge in [-0.05, 0) is 0 Å². The van der Waals surface area contributed by atoms with Crippen molar-refractivity contribution in [1.82, 2.24) is 0 Å². The second-order valence-electron chi connectivity index (χ2n) is 5.91. The van der Waals surface area contributed by atoms with Crippen LogP contribution in [0.25, 0.3) is 0 Å². The zero-order valence-corrected chi connectivity index (χ0v) is 15.1. The molecule has 2 heteroatoms. The Labute approximate surface area is 127 Å². The van der Waals surface area contributed by atoms with Gasteiger partial charge in [-0.25, -0.2) is 0 Å². The Morgan fingerprint density at radius 2 is 0.950 bits per heavy atom. The number of hydrogen-bond donors (Lipinski definition) is 0. The van der Waals surface area contributed by atoms with Crippen molar-refractivity contribution in [3.63, 3.8) is 0 Å². The number of hydrogen-bond acceptors (Lipinski definition) is 0. The minimum Gasteiger partial charge on any atom is -0.0680 e. The average Bonchev–Trinajstić information content (AvgIpc) is 2.53. The lowest BCUT2D eigenvalue weighted by Gasteiger charge is -2.12. The van der Waals surface area contributed by atoms with Gasteiger partial charge in [-0.3, -0.25) is 0 Å². The molecule has 0 saturated heterocycles. The van der Waals surface area contributed by atoms with Gasteiger partial charge in [0.25, 0.3) is 0 Å². The molecular weight excluding hydrogens is 272 g/mol. The minimum absolute atomic E-state index is 0.682. The fourth-order valence-electron chi connectivity index (χ4n) is 2.80. The summed E-state index contributed by atoms with van der Waals surface area (Å²) >= 11 is 0. The van der Waals surface area contributed by atoms with E-state index in [-0.39, 0.29) is 0 Å². The smallest absolute Gasteiger partial charge is 0.0677 e. The summed E-state index contributed by atoms with van der Waals surface area (Å²) in [6, 6.07) is 25.2. The fourth-order valence-corrected chi connectivity index (χ4v) is 7.02. The molecule has 2 aromatic rings. The monoisotopic (exact) mass is 298 g/mol. The highest BCUT2D eigenvalue weighted by Crippen LogP contribution is 2.08. The number of rotatable bonds is 7. The zero-order chi connectivity index (χ0) is 14.2. The molecule has 0 bridgehead atoms. The molecule has 2 unspecified atom stereocenters. The molecule has 106 valence electrons. The second-order valence-corrected chi connectivity index (χ2v) is 12.0. The molecule has 0 radical (unpaired) electrons. The molecule has 0 heterocycles. The van der Waals surface area contributed by atoms with Crippen LogP contribution in [0, 0.1) is 0 Å². The first-order valence-corrected chi connectivity index (χ1v) is 13.0. The van der Waals surface area contributed by atoms with Gasteiger partial charge in [0.15, 0.2) is 0 Å². The molecule has 2 atom stereocenters. The van der Waals surface area contributed by atoms with E-state index >= 15 is 0 Å². The second kappa shape index (κ2) is 8.23. The van der Waals surface area contributed by atoms with Crippen LogP contribution in [-0.4, -0.2) is 17.6 Å². The summed E-state index contributed by atoms with van der Waals surface area (Å²) < 4.78 is 0. The van der Waals surface area contributed by atoms with E-state index in [1.54, 1.807) is 10.4 Å². The van der Waals surface area contributed by atoms with Crippen molar-refractivity contribution in [2.75, 3.05) is 0 Å². The van der Waals surface area contributed by atoms with E-state index in [9.17, 15) is 0 Å². The maximum absolute atomic E-state index is 2.49. The fraction of sp³-hybridized carbons (Fsp3) is 0.333. The standard InChI is InChI=1S/C18H26Si2/c1-19(17-11-5-3-6-12-17)15-9-10-16-20(2)18-13-7-4-8-14-18/h3-8,11-14,19-20H,9-10,15-16H2,1-2H3. The van der Waals surface area contributed by atoms with E-state index in [4.69, 9.17) is 0 Å². The van der Waals surface area contributed by atoms with Gasteiger partial charge in [-0.2, -0.15) is 0 Å². The molecule has 0 aliphatic heterocycles. The molecule has 0 saturated carbocycles. The van der Waals surface area contributed by atoms with Gasteiger partial charge in [0.1, 0.15) is 0 Å². The van der Waals surface area contributed by atoms with E-state index < -0.39 is 17.6 Å². The van der Waals surface area contributed by atoms with E-state index in [1.165, 1.54) is 24.9 Å². The Bertz CT molecular complexity index is 434. The molecule has 0 N–H and O–H groups in total. The SMILES string of the molecule is C[SiH](CCCC[SiH](C)c1ccccc1)c1ccccc1. The normalized spacial score (nSPS) is 13.9. The largest absolute Gasteiger partial charge is 0.0680 e. The number of unbranched alkanes of at least 4 members (excludes halogenated alkanes) is 1. The zero-order valence-electron chi connectivity index (χ0n) is 12.8. The van der Waals surface area contributed by atoms with Crippen molar-refractivity contribution in [3.8, 4) is 0 Å². The highest BCUT2D eigenvalue weighted by molar-refractivity contribution is 6.72. The van der Waals surface area contributed by atoms with Crippen LogP contribution in [0.15, 0.2) is 60.7 Å². The molecule has 0 aliphatic carbocycles. The lowest BCUT2D eigenvalue weighted by Crippen LogP contribution is -2.27. The first-order chi connectivity index (χ1) is 9.77. The van der Waals surface area contributed by atoms with Crippen molar-refractivity contribution < 1.29 is 0 Å². The van der Waals surface area contributed by atoms with E-state index in [0.717, 1.165) is 0 Å². The van der Waals surface area contributed by atoms with Crippen molar-refractivity contribution in [3.05, 3.63) is 60.7 Å². The van der Waals surface area contributed by atoms with Crippen LogP contribution >= 0.6 is 0 Å². The van der Waals surface area contributed by atoms with Gasteiger partial charge in [0, 0.05) is 0 Å². The van der Waals surface area contributed by atoms with Crippen LogP contribution in [0.3, 0.4) is 0 Å². The number of benzene rings is 2. The van der Waals surface area contributed by atoms with E-state index in [2.05, 4.69) is 73.8 Å². The van der Waals surface area contributed by atoms with Crippen molar-refractivity contribution in [2.45, 2.75) is 38.0 Å². The molecule has 0 amide bonds. The minimum atomic E-state index is -0.682. The summed E-state index contributed by atoms with van der Waals surface area (Å²) in [6.07, 6.45) is 2.85. The summed E-state index contributed by atoms with van der Waals surface area (Å²) in [5, 5.41) is 3.25. The summed E-state index contributed by atoms with van der Waals surface area (Å²) in [4.78, 5) is 0. The van der Waals surface area contributed by atoms with Crippen molar-refractivity contribution in [2.24, 2.45) is 0 Å². The molecular formula is C18H26Si2. The maximum atomic E-state index is 2.49. The quantitative estimate of drug-likeness (QED) is 0.543. The van der Waals surface area contributed by atoms with E-state index in [0.29, 0.717) is 0 Å². The lowest BCUT2D eigenvalue weighted by molar-refractivity contribution is 0.868. The third-order valence-corrected chi connectivity index (χ3v) is 9.86. The topological polar surface area (TPSA) is 0 Å². The summed E-state index contributed by atoms with van der Waals surface area (Å²) in [6.45, 7) is 4.99. The molecule has 0 aliphatic rings. The third kappa shape index (κ3) is 4.76. The van der Waals surface area contributed by atoms with Crippen LogP contribution in [0.4, 0.5) is 0 Å².